The van der Waals surface area contributed by atoms with E-state index in [1.807, 2.05) is 54.6 Å². The SMILES string of the molecule is COc1ccc(Oc2c(/C=C(/C(=O)O)c3ccncc3)sc3cc4c(cc23)OCC(c2ccccc2)CO4)cc1. The molecule has 1 unspecified atom stereocenters. The molecule has 1 N–H and O–H groups in total. The van der Waals surface area contributed by atoms with E-state index in [-0.39, 0.29) is 11.5 Å². The number of aliphatic carboxylic acids is 1. The summed E-state index contributed by atoms with van der Waals surface area (Å²) in [6, 6.07) is 24.6. The molecule has 40 heavy (non-hydrogen) atoms. The number of methoxy groups -OCH3 is 1. The first-order valence-electron chi connectivity index (χ1n) is 12.7. The number of hydrogen-bond donors (Lipinski definition) is 1. The molecular weight excluding hydrogens is 526 g/mol. The monoisotopic (exact) mass is 551 g/mol. The first-order chi connectivity index (χ1) is 19.6. The van der Waals surface area contributed by atoms with E-state index in [0.29, 0.717) is 52.4 Å². The third-order valence-corrected chi connectivity index (χ3v) is 7.74. The largest absolute Gasteiger partial charge is 0.497 e. The van der Waals surface area contributed by atoms with Crippen LogP contribution in [-0.2, 0) is 4.79 Å². The quantitative estimate of drug-likeness (QED) is 0.213. The molecule has 2 aromatic heterocycles. The van der Waals surface area contributed by atoms with E-state index in [9.17, 15) is 9.90 Å². The molecular formula is C32H25NO6S. The fourth-order valence-electron chi connectivity index (χ4n) is 4.57. The van der Waals surface area contributed by atoms with Crippen LogP contribution >= 0.6 is 11.3 Å². The maximum absolute atomic E-state index is 12.3. The Balaban J connectivity index is 1.44. The highest BCUT2D eigenvalue weighted by molar-refractivity contribution is 7.20. The van der Waals surface area contributed by atoms with Crippen LogP contribution in [0.25, 0.3) is 21.7 Å². The van der Waals surface area contributed by atoms with Crippen molar-refractivity contribution in [2.24, 2.45) is 0 Å². The van der Waals surface area contributed by atoms with Gasteiger partial charge in [0.25, 0.3) is 0 Å². The van der Waals surface area contributed by atoms with Gasteiger partial charge < -0.3 is 24.1 Å². The summed E-state index contributed by atoms with van der Waals surface area (Å²) in [6.07, 6.45) is 4.78. The van der Waals surface area contributed by atoms with Crippen molar-refractivity contribution in [3.8, 4) is 28.7 Å². The number of ether oxygens (including phenoxy) is 4. The Morgan fingerprint density at radius 1 is 0.950 bits per heavy atom. The lowest BCUT2D eigenvalue weighted by molar-refractivity contribution is -0.130. The van der Waals surface area contributed by atoms with E-state index >= 15 is 0 Å². The maximum Gasteiger partial charge on any atom is 0.336 e. The molecule has 8 heteroatoms. The second-order valence-electron chi connectivity index (χ2n) is 9.20. The molecule has 0 amide bonds. The van der Waals surface area contributed by atoms with Gasteiger partial charge in [-0.05, 0) is 59.7 Å². The van der Waals surface area contributed by atoms with Gasteiger partial charge in [-0.15, -0.1) is 11.3 Å². The van der Waals surface area contributed by atoms with E-state index in [2.05, 4.69) is 17.1 Å². The van der Waals surface area contributed by atoms with Crippen LogP contribution in [0.5, 0.6) is 28.7 Å². The van der Waals surface area contributed by atoms with Crippen molar-refractivity contribution in [2.75, 3.05) is 20.3 Å². The number of aromatic nitrogens is 1. The molecule has 1 aliphatic rings. The van der Waals surface area contributed by atoms with Crippen LogP contribution in [-0.4, -0.2) is 36.4 Å². The van der Waals surface area contributed by atoms with Crippen molar-refractivity contribution in [1.82, 2.24) is 4.98 Å². The van der Waals surface area contributed by atoms with Crippen LogP contribution in [0, 0.1) is 0 Å². The number of carboxylic acid groups (broad SMARTS) is 1. The number of carbonyl (C=O) groups is 1. The van der Waals surface area contributed by atoms with Crippen LogP contribution in [0.2, 0.25) is 0 Å². The Morgan fingerprint density at radius 3 is 2.30 bits per heavy atom. The number of rotatable bonds is 7. The second-order valence-corrected chi connectivity index (χ2v) is 10.3. The van der Waals surface area contributed by atoms with Gasteiger partial charge >= 0.3 is 5.97 Å². The van der Waals surface area contributed by atoms with Crippen LogP contribution < -0.4 is 18.9 Å². The Morgan fingerprint density at radius 2 is 1.62 bits per heavy atom. The lowest BCUT2D eigenvalue weighted by Gasteiger charge is -2.13. The normalized spacial score (nSPS) is 14.9. The number of thiophene rings is 1. The van der Waals surface area contributed by atoms with Crippen molar-refractivity contribution in [3.05, 3.63) is 107 Å². The van der Waals surface area contributed by atoms with Gasteiger partial charge in [0, 0.05) is 28.5 Å². The number of pyridine rings is 1. The Hall–Kier alpha value is -4.82. The molecule has 1 aliphatic heterocycles. The predicted molar refractivity (Wildman–Crippen MR) is 155 cm³/mol. The fourth-order valence-corrected chi connectivity index (χ4v) is 5.65. The highest BCUT2D eigenvalue weighted by atomic mass is 32.1. The molecule has 6 rings (SSSR count). The minimum Gasteiger partial charge on any atom is -0.497 e. The second kappa shape index (κ2) is 11.1. The van der Waals surface area contributed by atoms with Crippen molar-refractivity contribution in [1.29, 1.82) is 0 Å². The fraction of sp³-hybridized carbons (Fsp3) is 0.125. The van der Waals surface area contributed by atoms with Gasteiger partial charge in [-0.25, -0.2) is 4.79 Å². The Bertz CT molecular complexity index is 1680. The summed E-state index contributed by atoms with van der Waals surface area (Å²) in [7, 11) is 1.60. The van der Waals surface area contributed by atoms with E-state index in [4.69, 9.17) is 18.9 Å². The van der Waals surface area contributed by atoms with Gasteiger partial charge in [-0.2, -0.15) is 0 Å². The topological polar surface area (TPSA) is 87.1 Å². The highest BCUT2D eigenvalue weighted by Gasteiger charge is 2.24. The molecule has 3 aromatic carbocycles. The highest BCUT2D eigenvalue weighted by Crippen LogP contribution is 2.47. The average Bonchev–Trinajstić information content (AvgIpc) is 3.17. The van der Waals surface area contributed by atoms with Crippen LogP contribution in [0.4, 0.5) is 0 Å². The molecule has 0 spiro atoms. The van der Waals surface area contributed by atoms with Gasteiger partial charge in [0.1, 0.15) is 11.5 Å². The molecule has 0 radical (unpaired) electrons. The van der Waals surface area contributed by atoms with Crippen molar-refractivity contribution in [2.45, 2.75) is 5.92 Å². The summed E-state index contributed by atoms with van der Waals surface area (Å²) in [5.41, 5.74) is 1.84. The number of hydrogen-bond acceptors (Lipinski definition) is 7. The Kier molecular flexibility index (Phi) is 7.08. The molecule has 3 heterocycles. The minimum atomic E-state index is -1.05. The molecule has 0 saturated carbocycles. The molecule has 7 nitrogen and oxygen atoms in total. The number of nitrogens with zero attached hydrogens (tertiary/aromatic N) is 1. The molecule has 0 saturated heterocycles. The summed E-state index contributed by atoms with van der Waals surface area (Å²) >= 11 is 1.43. The van der Waals surface area contributed by atoms with Crippen molar-refractivity contribution < 1.29 is 28.8 Å². The van der Waals surface area contributed by atoms with Crippen molar-refractivity contribution >= 4 is 39.0 Å². The molecule has 5 aromatic rings. The summed E-state index contributed by atoms with van der Waals surface area (Å²) in [5, 5.41) is 10.8. The third kappa shape index (κ3) is 5.21. The summed E-state index contributed by atoms with van der Waals surface area (Å²) in [5.74, 6) is 2.14. The first-order valence-corrected chi connectivity index (χ1v) is 13.5. The van der Waals surface area contributed by atoms with Gasteiger partial charge in [-0.3, -0.25) is 4.98 Å². The molecule has 0 bridgehead atoms. The molecule has 200 valence electrons. The van der Waals surface area contributed by atoms with Gasteiger partial charge in [0.15, 0.2) is 17.2 Å². The van der Waals surface area contributed by atoms with Crippen LogP contribution in [0.3, 0.4) is 0 Å². The first kappa shape index (κ1) is 25.5. The van der Waals surface area contributed by atoms with Crippen LogP contribution in [0.15, 0.2) is 91.3 Å². The smallest absolute Gasteiger partial charge is 0.336 e. The molecule has 1 atom stereocenters. The average molecular weight is 552 g/mol. The molecule has 0 aliphatic carbocycles. The zero-order chi connectivity index (χ0) is 27.5. The third-order valence-electron chi connectivity index (χ3n) is 6.66. The van der Waals surface area contributed by atoms with Crippen LogP contribution in [0.1, 0.15) is 21.9 Å². The summed E-state index contributed by atoms with van der Waals surface area (Å²) in [4.78, 5) is 16.9. The van der Waals surface area contributed by atoms with Gasteiger partial charge in [0.05, 0.1) is 36.7 Å². The van der Waals surface area contributed by atoms with E-state index in [1.54, 1.807) is 37.7 Å². The number of benzene rings is 3. The predicted octanol–water partition coefficient (Wildman–Crippen LogP) is 7.28. The number of carboxylic acids is 1. The standard InChI is InChI=1S/C32H25NO6S/c1-36-23-7-9-24(10-8-23)39-31-26-15-27-28(38-19-22(18-37-27)20-5-3-2-4-6-20)17-29(26)40-30(31)16-25(32(34)35)21-11-13-33-14-12-21/h2-17,22H,18-19H2,1H3,(H,34,35)/b25-16+. The van der Waals surface area contributed by atoms with E-state index in [1.165, 1.54) is 11.3 Å². The van der Waals surface area contributed by atoms with Crippen molar-refractivity contribution in [3.63, 3.8) is 0 Å². The van der Waals surface area contributed by atoms with Gasteiger partial charge in [0.2, 0.25) is 0 Å². The van der Waals surface area contributed by atoms with E-state index in [0.717, 1.165) is 15.6 Å². The zero-order valence-electron chi connectivity index (χ0n) is 21.6. The maximum atomic E-state index is 12.3. The van der Waals surface area contributed by atoms with E-state index < -0.39 is 5.97 Å². The Labute approximate surface area is 234 Å². The zero-order valence-corrected chi connectivity index (χ0v) is 22.4. The lowest BCUT2D eigenvalue weighted by Crippen LogP contribution is -2.14. The number of fused-ring (bicyclic) bond motifs is 2. The molecule has 0 fully saturated rings. The summed E-state index contributed by atoms with van der Waals surface area (Å²) < 4.78 is 25.0. The lowest BCUT2D eigenvalue weighted by atomic mass is 10.0. The minimum absolute atomic E-state index is 0.0960. The van der Waals surface area contributed by atoms with Gasteiger partial charge in [-0.1, -0.05) is 30.3 Å². The summed E-state index contributed by atoms with van der Waals surface area (Å²) in [6.45, 7) is 0.959.